The Morgan fingerprint density at radius 1 is 1.18 bits per heavy atom. The largest absolute Gasteiger partial charge is 0.401 e. The third kappa shape index (κ3) is 3.76. The molecule has 0 aliphatic carbocycles. The number of carbonyl (C=O) groups is 1. The molecule has 3 nitrogen and oxygen atoms in total. The van der Waals surface area contributed by atoms with Gasteiger partial charge >= 0.3 is 12.4 Å². The summed E-state index contributed by atoms with van der Waals surface area (Å²) in [7, 11) is 0. The van der Waals surface area contributed by atoms with E-state index in [1.807, 2.05) is 0 Å². The van der Waals surface area contributed by atoms with Crippen LogP contribution in [0.15, 0.2) is 0 Å². The number of amides is 1. The zero-order chi connectivity index (χ0) is 13.4. The predicted octanol–water partition coefficient (Wildman–Crippen LogP) is 1.14. The number of carbonyl (C=O) groups excluding carboxylic acids is 1. The Kier molecular flexibility index (Phi) is 3.60. The Labute approximate surface area is 92.5 Å². The van der Waals surface area contributed by atoms with Gasteiger partial charge in [-0.15, -0.1) is 0 Å². The number of primary amides is 1. The highest BCUT2D eigenvalue weighted by atomic mass is 19.4. The fourth-order valence-electron chi connectivity index (χ4n) is 1.89. The van der Waals surface area contributed by atoms with Gasteiger partial charge in [0.25, 0.3) is 0 Å². The maximum atomic E-state index is 12.5. The summed E-state index contributed by atoms with van der Waals surface area (Å²) in [5.41, 5.74) is 4.76. The predicted molar refractivity (Wildman–Crippen MR) is 44.7 cm³/mol. The molecule has 0 bridgehead atoms. The maximum absolute atomic E-state index is 12.5. The molecule has 1 heterocycles. The lowest BCUT2D eigenvalue weighted by Crippen LogP contribution is -2.37. The third-order valence-corrected chi connectivity index (χ3v) is 2.58. The van der Waals surface area contributed by atoms with Crippen LogP contribution in [0.1, 0.15) is 0 Å². The highest BCUT2D eigenvalue weighted by Gasteiger charge is 2.53. The van der Waals surface area contributed by atoms with Crippen molar-refractivity contribution in [2.75, 3.05) is 19.6 Å². The van der Waals surface area contributed by atoms with Crippen LogP contribution in [0.3, 0.4) is 0 Å². The third-order valence-electron chi connectivity index (χ3n) is 2.58. The lowest BCUT2D eigenvalue weighted by atomic mass is 9.95. The normalized spacial score (nSPS) is 27.4. The van der Waals surface area contributed by atoms with Crippen LogP contribution in [-0.2, 0) is 4.79 Å². The molecule has 0 spiro atoms. The summed E-state index contributed by atoms with van der Waals surface area (Å²) in [5, 5.41) is 0. The van der Waals surface area contributed by atoms with E-state index in [2.05, 4.69) is 0 Å². The van der Waals surface area contributed by atoms with Crippen molar-refractivity contribution in [3.63, 3.8) is 0 Å². The van der Waals surface area contributed by atoms with Crippen molar-refractivity contribution < 1.29 is 31.1 Å². The molecule has 1 saturated heterocycles. The second kappa shape index (κ2) is 4.35. The van der Waals surface area contributed by atoms with E-state index in [-0.39, 0.29) is 0 Å². The lowest BCUT2D eigenvalue weighted by molar-refractivity contribution is -0.184. The van der Waals surface area contributed by atoms with E-state index in [4.69, 9.17) is 5.73 Å². The quantitative estimate of drug-likeness (QED) is 0.760. The summed E-state index contributed by atoms with van der Waals surface area (Å²) in [4.78, 5) is 11.3. The van der Waals surface area contributed by atoms with Gasteiger partial charge in [0.1, 0.15) is 0 Å². The molecule has 9 heteroatoms. The number of nitrogens with zero attached hydrogens (tertiary/aromatic N) is 1. The van der Waals surface area contributed by atoms with Crippen molar-refractivity contribution in [2.24, 2.45) is 17.6 Å². The van der Waals surface area contributed by atoms with Crippen LogP contribution in [0.5, 0.6) is 0 Å². The first kappa shape index (κ1) is 14.1. The molecular formula is C8H10F6N2O. The summed E-state index contributed by atoms with van der Waals surface area (Å²) in [6.45, 7) is -2.93. The number of hydrogen-bond donors (Lipinski definition) is 1. The first-order valence-electron chi connectivity index (χ1n) is 4.66. The molecule has 1 aliphatic rings. The Hall–Kier alpha value is -0.990. The van der Waals surface area contributed by atoms with Crippen molar-refractivity contribution in [1.29, 1.82) is 0 Å². The van der Waals surface area contributed by atoms with Gasteiger partial charge in [0, 0.05) is 13.1 Å². The van der Waals surface area contributed by atoms with Crippen molar-refractivity contribution >= 4 is 5.91 Å². The molecule has 0 aromatic heterocycles. The highest BCUT2D eigenvalue weighted by Crippen LogP contribution is 2.38. The smallest absolute Gasteiger partial charge is 0.369 e. The molecule has 100 valence electrons. The molecule has 0 unspecified atom stereocenters. The molecule has 0 radical (unpaired) electrons. The summed E-state index contributed by atoms with van der Waals surface area (Å²) < 4.78 is 73.4. The molecule has 1 amide bonds. The van der Waals surface area contributed by atoms with E-state index in [1.54, 1.807) is 0 Å². The van der Waals surface area contributed by atoms with Gasteiger partial charge in [-0.2, -0.15) is 26.3 Å². The Morgan fingerprint density at radius 3 is 2.00 bits per heavy atom. The summed E-state index contributed by atoms with van der Waals surface area (Å²) >= 11 is 0. The van der Waals surface area contributed by atoms with Crippen LogP contribution in [0.4, 0.5) is 26.3 Å². The van der Waals surface area contributed by atoms with Crippen molar-refractivity contribution in [3.8, 4) is 0 Å². The monoisotopic (exact) mass is 264 g/mol. The van der Waals surface area contributed by atoms with E-state index in [9.17, 15) is 31.1 Å². The first-order valence-corrected chi connectivity index (χ1v) is 4.66. The number of alkyl halides is 6. The van der Waals surface area contributed by atoms with E-state index in [1.165, 1.54) is 0 Å². The zero-order valence-corrected chi connectivity index (χ0v) is 8.48. The minimum absolute atomic E-state index is 0.549. The van der Waals surface area contributed by atoms with E-state index in [0.717, 1.165) is 0 Å². The summed E-state index contributed by atoms with van der Waals surface area (Å²) in [6.07, 6.45) is -9.32. The summed E-state index contributed by atoms with van der Waals surface area (Å²) in [5.74, 6) is -4.96. The highest BCUT2D eigenvalue weighted by molar-refractivity contribution is 5.77. The lowest BCUT2D eigenvalue weighted by Gasteiger charge is -2.19. The number of nitrogens with two attached hydrogens (primary N) is 1. The number of likely N-dealkylation sites (tertiary alicyclic amines) is 1. The topological polar surface area (TPSA) is 46.3 Å². The molecule has 0 aromatic rings. The molecule has 17 heavy (non-hydrogen) atoms. The SMILES string of the molecule is NC(=O)[C@@H]1CN(CC(F)(F)F)C[C@H]1C(F)(F)F. The summed E-state index contributed by atoms with van der Waals surface area (Å²) in [6, 6.07) is 0. The van der Waals surface area contributed by atoms with E-state index < -0.39 is 49.7 Å². The number of hydrogen-bond acceptors (Lipinski definition) is 2. The van der Waals surface area contributed by atoms with Crippen LogP contribution in [0.25, 0.3) is 0 Å². The first-order chi connectivity index (χ1) is 7.50. The second-order valence-electron chi connectivity index (χ2n) is 3.97. The Morgan fingerprint density at radius 2 is 1.71 bits per heavy atom. The van der Waals surface area contributed by atoms with Gasteiger partial charge in [0.05, 0.1) is 18.4 Å². The number of halogens is 6. The fraction of sp³-hybridized carbons (Fsp3) is 0.875. The molecular weight excluding hydrogens is 254 g/mol. The van der Waals surface area contributed by atoms with Crippen molar-refractivity contribution in [2.45, 2.75) is 12.4 Å². The molecule has 1 fully saturated rings. The molecule has 1 rings (SSSR count). The van der Waals surface area contributed by atoms with Crippen LogP contribution >= 0.6 is 0 Å². The van der Waals surface area contributed by atoms with Gasteiger partial charge < -0.3 is 5.73 Å². The molecule has 0 saturated carbocycles. The van der Waals surface area contributed by atoms with E-state index >= 15 is 0 Å². The minimum Gasteiger partial charge on any atom is -0.369 e. The van der Waals surface area contributed by atoms with Crippen LogP contribution < -0.4 is 5.73 Å². The molecule has 1 aliphatic heterocycles. The van der Waals surface area contributed by atoms with Gasteiger partial charge in [-0.3, -0.25) is 9.69 Å². The maximum Gasteiger partial charge on any atom is 0.401 e. The molecule has 2 N–H and O–H groups in total. The average molecular weight is 264 g/mol. The molecule has 2 atom stereocenters. The molecule has 0 aromatic carbocycles. The average Bonchev–Trinajstić information content (AvgIpc) is 2.43. The van der Waals surface area contributed by atoms with Gasteiger partial charge in [0.15, 0.2) is 0 Å². The van der Waals surface area contributed by atoms with Gasteiger partial charge in [0.2, 0.25) is 5.91 Å². The van der Waals surface area contributed by atoms with Gasteiger partial charge in [-0.1, -0.05) is 0 Å². The Balaban J connectivity index is 2.76. The second-order valence-corrected chi connectivity index (χ2v) is 3.97. The fourth-order valence-corrected chi connectivity index (χ4v) is 1.89. The Bertz CT molecular complexity index is 299. The van der Waals surface area contributed by atoms with Crippen molar-refractivity contribution in [3.05, 3.63) is 0 Å². The van der Waals surface area contributed by atoms with Gasteiger partial charge in [-0.25, -0.2) is 0 Å². The standard InChI is InChI=1S/C8H10F6N2O/c9-7(10,11)3-16-1-4(6(15)17)5(2-16)8(12,13)14/h4-5H,1-3H2,(H2,15,17)/t4-,5-/m1/s1. The van der Waals surface area contributed by atoms with Crippen LogP contribution in [0.2, 0.25) is 0 Å². The minimum atomic E-state index is -4.72. The van der Waals surface area contributed by atoms with Crippen LogP contribution in [-0.4, -0.2) is 42.8 Å². The van der Waals surface area contributed by atoms with Crippen LogP contribution in [0, 0.1) is 11.8 Å². The van der Waals surface area contributed by atoms with E-state index in [0.29, 0.717) is 4.90 Å². The van der Waals surface area contributed by atoms with Crippen molar-refractivity contribution in [1.82, 2.24) is 4.90 Å². The zero-order valence-electron chi connectivity index (χ0n) is 8.48. The number of rotatable bonds is 2. The van der Waals surface area contributed by atoms with Gasteiger partial charge in [-0.05, 0) is 0 Å².